The second-order valence-corrected chi connectivity index (χ2v) is 6.87. The molecule has 0 aliphatic carbocycles. The molecule has 0 atom stereocenters. The van der Waals surface area contributed by atoms with Crippen LogP contribution in [0.1, 0.15) is 11.4 Å². The number of hydrogen-bond acceptors (Lipinski definition) is 5. The molecule has 0 saturated heterocycles. The summed E-state index contributed by atoms with van der Waals surface area (Å²) in [6.45, 7) is 0.942. The molecule has 4 rings (SSSR count). The van der Waals surface area contributed by atoms with Crippen LogP contribution < -0.4 is 14.8 Å². The van der Waals surface area contributed by atoms with E-state index in [1.165, 1.54) is 0 Å². The second-order valence-electron chi connectivity index (χ2n) is 6.00. The fourth-order valence-electron chi connectivity index (χ4n) is 2.99. The standard InChI is InChI=1S/C19H19N3O3S/c1-26-11-18-21-14-4-2-3-5-15(14)22(18)10-19(23)20-9-13-6-7-16-17(8-13)25-12-24-16/h2-8H,9-12H2,1H3,(H,20,23). The van der Waals surface area contributed by atoms with E-state index in [0.717, 1.165) is 39.7 Å². The summed E-state index contributed by atoms with van der Waals surface area (Å²) in [5, 5.41) is 2.97. The van der Waals surface area contributed by atoms with Crippen molar-refractivity contribution in [1.82, 2.24) is 14.9 Å². The monoisotopic (exact) mass is 369 g/mol. The van der Waals surface area contributed by atoms with E-state index in [4.69, 9.17) is 9.47 Å². The predicted molar refractivity (Wildman–Crippen MR) is 101 cm³/mol. The van der Waals surface area contributed by atoms with Crippen LogP contribution in [-0.4, -0.2) is 28.5 Å². The van der Waals surface area contributed by atoms with Gasteiger partial charge in [-0.25, -0.2) is 4.98 Å². The Morgan fingerprint density at radius 3 is 2.96 bits per heavy atom. The molecule has 26 heavy (non-hydrogen) atoms. The first kappa shape index (κ1) is 16.8. The lowest BCUT2D eigenvalue weighted by Gasteiger charge is -2.10. The number of thioether (sulfide) groups is 1. The smallest absolute Gasteiger partial charge is 0.240 e. The number of ether oxygens (including phenoxy) is 2. The zero-order chi connectivity index (χ0) is 17.9. The predicted octanol–water partition coefficient (Wildman–Crippen LogP) is 2.94. The largest absolute Gasteiger partial charge is 0.454 e. The number of rotatable bonds is 6. The van der Waals surface area contributed by atoms with Crippen molar-refractivity contribution in [2.45, 2.75) is 18.8 Å². The van der Waals surface area contributed by atoms with Gasteiger partial charge in [0, 0.05) is 6.54 Å². The summed E-state index contributed by atoms with van der Waals surface area (Å²) in [6.07, 6.45) is 2.03. The molecule has 6 nitrogen and oxygen atoms in total. The van der Waals surface area contributed by atoms with Gasteiger partial charge in [0.25, 0.3) is 0 Å². The Morgan fingerprint density at radius 1 is 1.23 bits per heavy atom. The van der Waals surface area contributed by atoms with Crippen molar-refractivity contribution in [3.63, 3.8) is 0 Å². The van der Waals surface area contributed by atoms with E-state index in [2.05, 4.69) is 10.3 Å². The number of fused-ring (bicyclic) bond motifs is 2. The quantitative estimate of drug-likeness (QED) is 0.724. The molecule has 1 aromatic heterocycles. The summed E-state index contributed by atoms with van der Waals surface area (Å²) in [7, 11) is 0. The molecule has 0 bridgehead atoms. The first-order valence-corrected chi connectivity index (χ1v) is 9.72. The highest BCUT2D eigenvalue weighted by atomic mass is 32.2. The van der Waals surface area contributed by atoms with E-state index >= 15 is 0 Å². The maximum absolute atomic E-state index is 12.5. The molecule has 0 unspecified atom stereocenters. The van der Waals surface area contributed by atoms with E-state index in [9.17, 15) is 4.79 Å². The summed E-state index contributed by atoms with van der Waals surface area (Å²) in [5.74, 6) is 3.10. The maximum Gasteiger partial charge on any atom is 0.240 e. The van der Waals surface area contributed by atoms with Crippen LogP contribution in [0.4, 0.5) is 0 Å². The molecule has 1 amide bonds. The molecule has 0 saturated carbocycles. The van der Waals surface area contributed by atoms with Crippen molar-refractivity contribution in [2.24, 2.45) is 0 Å². The Hall–Kier alpha value is -2.67. The van der Waals surface area contributed by atoms with Gasteiger partial charge in [-0.05, 0) is 36.1 Å². The number of benzene rings is 2. The summed E-state index contributed by atoms with van der Waals surface area (Å²) >= 11 is 1.69. The molecule has 0 fully saturated rings. The fourth-order valence-corrected chi connectivity index (χ4v) is 3.47. The van der Waals surface area contributed by atoms with Gasteiger partial charge in [0.1, 0.15) is 12.4 Å². The van der Waals surface area contributed by atoms with Crippen molar-refractivity contribution in [2.75, 3.05) is 13.0 Å². The minimum absolute atomic E-state index is 0.0480. The van der Waals surface area contributed by atoms with Gasteiger partial charge in [0.2, 0.25) is 12.7 Å². The number of nitrogens with zero attached hydrogens (tertiary/aromatic N) is 2. The second kappa shape index (κ2) is 7.29. The number of carbonyl (C=O) groups excluding carboxylic acids is 1. The molecule has 1 aliphatic heterocycles. The lowest BCUT2D eigenvalue weighted by molar-refractivity contribution is -0.121. The van der Waals surface area contributed by atoms with Crippen molar-refractivity contribution in [1.29, 1.82) is 0 Å². The lowest BCUT2D eigenvalue weighted by Crippen LogP contribution is -2.27. The normalized spacial score (nSPS) is 12.5. The van der Waals surface area contributed by atoms with Crippen LogP contribution in [-0.2, 0) is 23.6 Å². The number of imidazole rings is 1. The van der Waals surface area contributed by atoms with E-state index in [1.54, 1.807) is 11.8 Å². The van der Waals surface area contributed by atoms with Crippen LogP contribution in [0.2, 0.25) is 0 Å². The molecular weight excluding hydrogens is 350 g/mol. The van der Waals surface area contributed by atoms with Crippen LogP contribution in [0.5, 0.6) is 11.5 Å². The van der Waals surface area contributed by atoms with Crippen LogP contribution in [0.25, 0.3) is 11.0 Å². The van der Waals surface area contributed by atoms with Gasteiger partial charge in [-0.3, -0.25) is 4.79 Å². The summed E-state index contributed by atoms with van der Waals surface area (Å²) < 4.78 is 12.7. The van der Waals surface area contributed by atoms with Crippen molar-refractivity contribution in [3.8, 4) is 11.5 Å². The summed E-state index contributed by atoms with van der Waals surface area (Å²) in [5.41, 5.74) is 2.87. The molecule has 2 heterocycles. The third-order valence-electron chi connectivity index (χ3n) is 4.24. The lowest BCUT2D eigenvalue weighted by atomic mass is 10.2. The van der Waals surface area contributed by atoms with E-state index < -0.39 is 0 Å². The van der Waals surface area contributed by atoms with Gasteiger partial charge in [0.05, 0.1) is 16.8 Å². The summed E-state index contributed by atoms with van der Waals surface area (Å²) in [4.78, 5) is 17.1. The van der Waals surface area contributed by atoms with Gasteiger partial charge < -0.3 is 19.4 Å². The molecular formula is C19H19N3O3S. The van der Waals surface area contributed by atoms with E-state index in [0.29, 0.717) is 6.54 Å². The van der Waals surface area contributed by atoms with Gasteiger partial charge >= 0.3 is 0 Å². The Kier molecular flexibility index (Phi) is 4.71. The van der Waals surface area contributed by atoms with Gasteiger partial charge in [0.15, 0.2) is 11.5 Å². The van der Waals surface area contributed by atoms with Gasteiger partial charge in [-0.1, -0.05) is 18.2 Å². The number of aromatic nitrogens is 2. The van der Waals surface area contributed by atoms with Gasteiger partial charge in [-0.2, -0.15) is 11.8 Å². The van der Waals surface area contributed by atoms with Crippen molar-refractivity contribution >= 4 is 28.7 Å². The Morgan fingerprint density at radius 2 is 2.08 bits per heavy atom. The molecule has 0 spiro atoms. The SMILES string of the molecule is CSCc1nc2ccccc2n1CC(=O)NCc1ccc2c(c1)OCO2. The molecule has 0 radical (unpaired) electrons. The topological polar surface area (TPSA) is 65.4 Å². The first-order chi connectivity index (χ1) is 12.7. The number of hydrogen-bond donors (Lipinski definition) is 1. The minimum Gasteiger partial charge on any atom is -0.454 e. The molecule has 3 aromatic rings. The molecule has 2 aromatic carbocycles. The zero-order valence-electron chi connectivity index (χ0n) is 14.4. The highest BCUT2D eigenvalue weighted by molar-refractivity contribution is 7.97. The number of carbonyl (C=O) groups is 1. The first-order valence-electron chi connectivity index (χ1n) is 8.33. The highest BCUT2D eigenvalue weighted by Gasteiger charge is 2.15. The zero-order valence-corrected chi connectivity index (χ0v) is 15.2. The van der Waals surface area contributed by atoms with Crippen molar-refractivity contribution in [3.05, 3.63) is 53.9 Å². The Labute approximate surface area is 155 Å². The van der Waals surface area contributed by atoms with Crippen LogP contribution in [0, 0.1) is 0 Å². The molecule has 134 valence electrons. The molecule has 1 N–H and O–H groups in total. The number of amides is 1. The van der Waals surface area contributed by atoms with Gasteiger partial charge in [-0.15, -0.1) is 0 Å². The molecule has 7 heteroatoms. The summed E-state index contributed by atoms with van der Waals surface area (Å²) in [6, 6.07) is 13.6. The van der Waals surface area contributed by atoms with E-state index in [1.807, 2.05) is 53.3 Å². The minimum atomic E-state index is -0.0480. The Balaban J connectivity index is 1.46. The average molecular weight is 369 g/mol. The van der Waals surface area contributed by atoms with Crippen LogP contribution in [0.3, 0.4) is 0 Å². The fraction of sp³-hybridized carbons (Fsp3) is 0.263. The van der Waals surface area contributed by atoms with Crippen molar-refractivity contribution < 1.29 is 14.3 Å². The van der Waals surface area contributed by atoms with Crippen LogP contribution >= 0.6 is 11.8 Å². The average Bonchev–Trinajstić information content (AvgIpc) is 3.25. The Bertz CT molecular complexity index is 954. The third kappa shape index (κ3) is 3.35. The third-order valence-corrected chi connectivity index (χ3v) is 4.78. The van der Waals surface area contributed by atoms with E-state index in [-0.39, 0.29) is 19.2 Å². The number of para-hydroxylation sites is 2. The maximum atomic E-state index is 12.5. The highest BCUT2D eigenvalue weighted by Crippen LogP contribution is 2.32. The molecule has 1 aliphatic rings. The number of nitrogens with one attached hydrogen (secondary N) is 1. The van der Waals surface area contributed by atoms with Crippen LogP contribution in [0.15, 0.2) is 42.5 Å².